The molecule has 9 nitrogen and oxygen atoms in total. The summed E-state index contributed by atoms with van der Waals surface area (Å²) in [7, 11) is 1.18. The van der Waals surface area contributed by atoms with Gasteiger partial charge >= 0.3 is 17.9 Å². The Labute approximate surface area is 206 Å². The summed E-state index contributed by atoms with van der Waals surface area (Å²) in [6, 6.07) is 0. The number of methoxy groups -OCH3 is 1. The van der Waals surface area contributed by atoms with E-state index >= 15 is 0 Å². The van der Waals surface area contributed by atoms with Gasteiger partial charge in [-0.2, -0.15) is 0 Å². The molecule has 0 bridgehead atoms. The van der Waals surface area contributed by atoms with Gasteiger partial charge in [0.2, 0.25) is 6.29 Å². The molecular formula is C26H40O9. The first-order valence-corrected chi connectivity index (χ1v) is 12.9. The highest BCUT2D eigenvalue weighted by Gasteiger charge is 2.74. The van der Waals surface area contributed by atoms with Crippen molar-refractivity contribution in [2.75, 3.05) is 7.11 Å². The van der Waals surface area contributed by atoms with E-state index in [1.54, 1.807) is 6.08 Å². The average molecular weight is 497 g/mol. The smallest absolute Gasteiger partial charge is 0.335 e. The van der Waals surface area contributed by atoms with Crippen LogP contribution >= 0.6 is 0 Å². The number of rotatable bonds is 12. The SMILES string of the molecule is CCCCCCC1C=C(C2(C(=O)OC)CC(C(O)C(O)CCCC)CC23CC(O)OC3=O)C(=O)O1. The predicted molar refractivity (Wildman–Crippen MR) is 125 cm³/mol. The molecule has 1 saturated heterocycles. The van der Waals surface area contributed by atoms with Crippen LogP contribution in [0.4, 0.5) is 0 Å². The van der Waals surface area contributed by atoms with E-state index in [1.807, 2.05) is 6.92 Å². The van der Waals surface area contributed by atoms with Crippen molar-refractivity contribution in [3.63, 3.8) is 0 Å². The van der Waals surface area contributed by atoms with Gasteiger partial charge in [0, 0.05) is 6.42 Å². The van der Waals surface area contributed by atoms with E-state index in [4.69, 9.17) is 14.2 Å². The van der Waals surface area contributed by atoms with Gasteiger partial charge in [0.1, 0.15) is 11.5 Å². The minimum Gasteiger partial charge on any atom is -0.468 e. The van der Waals surface area contributed by atoms with Crippen LogP contribution < -0.4 is 0 Å². The number of hydrogen-bond acceptors (Lipinski definition) is 9. The summed E-state index contributed by atoms with van der Waals surface area (Å²) in [5.74, 6) is -3.02. The Kier molecular flexibility index (Phi) is 8.99. The number of carbonyl (C=O) groups is 3. The predicted octanol–water partition coefficient (Wildman–Crippen LogP) is 2.54. The van der Waals surface area contributed by atoms with Gasteiger partial charge in [-0.3, -0.25) is 9.59 Å². The van der Waals surface area contributed by atoms with Crippen molar-refractivity contribution < 1.29 is 43.9 Å². The van der Waals surface area contributed by atoms with E-state index in [1.165, 1.54) is 7.11 Å². The van der Waals surface area contributed by atoms with Gasteiger partial charge in [-0.25, -0.2) is 4.79 Å². The first kappa shape index (κ1) is 27.6. The van der Waals surface area contributed by atoms with Crippen LogP contribution in [0.5, 0.6) is 0 Å². The lowest BCUT2D eigenvalue weighted by Gasteiger charge is -2.37. The van der Waals surface area contributed by atoms with Gasteiger partial charge in [-0.1, -0.05) is 46.0 Å². The Morgan fingerprint density at radius 1 is 1.09 bits per heavy atom. The Morgan fingerprint density at radius 3 is 2.40 bits per heavy atom. The second-order valence-corrected chi connectivity index (χ2v) is 10.3. The van der Waals surface area contributed by atoms with Crippen molar-refractivity contribution >= 4 is 17.9 Å². The lowest BCUT2D eigenvalue weighted by molar-refractivity contribution is -0.169. The maximum atomic E-state index is 13.5. The summed E-state index contributed by atoms with van der Waals surface area (Å²) in [6.45, 7) is 4.07. The highest BCUT2D eigenvalue weighted by Crippen LogP contribution is 2.66. The average Bonchev–Trinajstić information content (AvgIpc) is 3.47. The molecule has 7 unspecified atom stereocenters. The summed E-state index contributed by atoms with van der Waals surface area (Å²) in [6.07, 6.45) is 3.45. The van der Waals surface area contributed by atoms with Crippen molar-refractivity contribution in [2.45, 2.75) is 109 Å². The molecule has 0 aromatic heterocycles. The minimum atomic E-state index is -1.79. The van der Waals surface area contributed by atoms with Crippen molar-refractivity contribution in [3.8, 4) is 0 Å². The van der Waals surface area contributed by atoms with E-state index in [0.717, 1.165) is 32.1 Å². The number of aliphatic hydroxyl groups is 3. The molecule has 7 atom stereocenters. The molecule has 198 valence electrons. The number of unbranched alkanes of at least 4 members (excludes halogenated alkanes) is 4. The number of aliphatic hydroxyl groups excluding tert-OH is 3. The summed E-state index contributed by atoms with van der Waals surface area (Å²) < 4.78 is 15.8. The first-order chi connectivity index (χ1) is 16.7. The highest BCUT2D eigenvalue weighted by atomic mass is 16.6. The molecule has 35 heavy (non-hydrogen) atoms. The Morgan fingerprint density at radius 2 is 1.80 bits per heavy atom. The van der Waals surface area contributed by atoms with Gasteiger partial charge in [0.25, 0.3) is 0 Å². The zero-order chi connectivity index (χ0) is 25.8. The molecule has 0 radical (unpaired) electrons. The van der Waals surface area contributed by atoms with Crippen LogP contribution in [-0.2, 0) is 28.6 Å². The van der Waals surface area contributed by atoms with Crippen LogP contribution in [0, 0.1) is 16.7 Å². The second-order valence-electron chi connectivity index (χ2n) is 10.3. The quantitative estimate of drug-likeness (QED) is 0.211. The first-order valence-electron chi connectivity index (χ1n) is 12.9. The largest absolute Gasteiger partial charge is 0.468 e. The van der Waals surface area contributed by atoms with Gasteiger partial charge in [0.05, 0.1) is 30.3 Å². The molecule has 2 aliphatic heterocycles. The zero-order valence-corrected chi connectivity index (χ0v) is 21.0. The van der Waals surface area contributed by atoms with E-state index in [-0.39, 0.29) is 24.8 Å². The monoisotopic (exact) mass is 496 g/mol. The molecule has 2 fully saturated rings. The lowest BCUT2D eigenvalue weighted by Crippen LogP contribution is -2.50. The molecule has 9 heteroatoms. The third-order valence-corrected chi connectivity index (χ3v) is 8.05. The fraction of sp³-hybridized carbons (Fsp3) is 0.808. The van der Waals surface area contributed by atoms with E-state index in [0.29, 0.717) is 19.3 Å². The standard InChI is InChI=1S/C26H40O9/c1-4-6-8-9-10-17-12-18(22(30)34-17)26(24(32)33-3)14-16(21(29)19(27)11-7-5-2)13-25(26)15-20(28)35-23(25)31/h12,16-17,19-21,27-29H,4-11,13-15H2,1-3H3. The number of carbonyl (C=O) groups excluding carboxylic acids is 3. The topological polar surface area (TPSA) is 140 Å². The molecule has 1 aliphatic carbocycles. The Hall–Kier alpha value is -1.97. The van der Waals surface area contributed by atoms with E-state index < -0.39 is 59.3 Å². The van der Waals surface area contributed by atoms with E-state index in [9.17, 15) is 29.7 Å². The van der Waals surface area contributed by atoms with Crippen molar-refractivity contribution in [3.05, 3.63) is 11.6 Å². The third kappa shape index (κ3) is 5.00. The maximum Gasteiger partial charge on any atom is 0.335 e. The van der Waals surface area contributed by atoms with Crippen molar-refractivity contribution in [2.24, 2.45) is 16.7 Å². The van der Waals surface area contributed by atoms with Gasteiger partial charge in [0.15, 0.2) is 0 Å². The highest BCUT2D eigenvalue weighted by molar-refractivity contribution is 6.04. The molecule has 0 amide bonds. The third-order valence-electron chi connectivity index (χ3n) is 8.05. The van der Waals surface area contributed by atoms with Gasteiger partial charge in [-0.15, -0.1) is 0 Å². The molecule has 3 rings (SSSR count). The van der Waals surface area contributed by atoms with Gasteiger partial charge in [-0.05, 0) is 44.1 Å². The second kappa shape index (κ2) is 11.4. The molecule has 3 N–H and O–H groups in total. The lowest BCUT2D eigenvalue weighted by atomic mass is 9.60. The number of hydrogen-bond donors (Lipinski definition) is 3. The van der Waals surface area contributed by atoms with Crippen LogP contribution in [0.2, 0.25) is 0 Å². The van der Waals surface area contributed by atoms with Crippen molar-refractivity contribution in [1.29, 1.82) is 0 Å². The summed E-state index contributed by atoms with van der Waals surface area (Å²) in [5, 5.41) is 31.8. The summed E-state index contributed by atoms with van der Waals surface area (Å²) in [5.41, 5.74) is -3.38. The maximum absolute atomic E-state index is 13.5. The number of esters is 3. The molecule has 1 saturated carbocycles. The van der Waals surface area contributed by atoms with Crippen LogP contribution in [-0.4, -0.2) is 64.9 Å². The van der Waals surface area contributed by atoms with Crippen LogP contribution in [0.25, 0.3) is 0 Å². The fourth-order valence-corrected chi connectivity index (χ4v) is 6.25. The zero-order valence-electron chi connectivity index (χ0n) is 21.0. The molecule has 3 aliphatic rings. The Balaban J connectivity index is 2.02. The minimum absolute atomic E-state index is 0.0219. The number of cyclic esters (lactones) is 2. The molecular weight excluding hydrogens is 456 g/mol. The summed E-state index contributed by atoms with van der Waals surface area (Å²) >= 11 is 0. The van der Waals surface area contributed by atoms with Crippen LogP contribution in [0.3, 0.4) is 0 Å². The molecule has 2 heterocycles. The fourth-order valence-electron chi connectivity index (χ4n) is 6.25. The Bertz CT molecular complexity index is 824. The molecule has 1 spiro atoms. The van der Waals surface area contributed by atoms with Crippen molar-refractivity contribution in [1.82, 2.24) is 0 Å². The van der Waals surface area contributed by atoms with Crippen LogP contribution in [0.1, 0.15) is 84.5 Å². The summed E-state index contributed by atoms with van der Waals surface area (Å²) in [4.78, 5) is 39.9. The van der Waals surface area contributed by atoms with E-state index in [2.05, 4.69) is 6.92 Å². The normalized spacial score (nSPS) is 34.0. The molecule has 0 aromatic carbocycles. The number of ether oxygens (including phenoxy) is 3. The van der Waals surface area contributed by atoms with Crippen LogP contribution in [0.15, 0.2) is 11.6 Å². The van der Waals surface area contributed by atoms with Gasteiger partial charge < -0.3 is 29.5 Å². The molecule has 0 aromatic rings.